The lowest BCUT2D eigenvalue weighted by atomic mass is 10.1. The molecule has 4 N–H and O–H groups in total. The van der Waals surface area contributed by atoms with Gasteiger partial charge in [0.15, 0.2) is 0 Å². The van der Waals surface area contributed by atoms with Crippen LogP contribution in [0.2, 0.25) is 0 Å². The van der Waals surface area contributed by atoms with Crippen molar-refractivity contribution in [3.63, 3.8) is 0 Å². The number of nitrogens with zero attached hydrogens (tertiary/aromatic N) is 2. The van der Waals surface area contributed by atoms with Crippen molar-refractivity contribution in [3.8, 4) is 23.7 Å². The van der Waals surface area contributed by atoms with E-state index in [0.717, 1.165) is 68.0 Å². The fraction of sp³-hybridized carbons (Fsp3) is 0.417. The van der Waals surface area contributed by atoms with Gasteiger partial charge < -0.3 is 20.6 Å². The molecule has 0 amide bonds. The van der Waals surface area contributed by atoms with Crippen molar-refractivity contribution >= 4 is 43.4 Å². The molecule has 0 bridgehead atoms. The predicted octanol–water partition coefficient (Wildman–Crippen LogP) is 4.31. The number of fused-ring (bicyclic) bond motifs is 2. The highest BCUT2D eigenvalue weighted by Crippen LogP contribution is 2.31. The van der Waals surface area contributed by atoms with Gasteiger partial charge in [0, 0.05) is 0 Å². The van der Waals surface area contributed by atoms with Crippen LogP contribution in [0.25, 0.3) is 20.7 Å². The standard InChI is InChI=1S/C24H24N6S2/c1-13-7-17(25-11-13)21-27-19-9-15(31-23(19)29-21)5-3-4-6-16-10-20-24(32-16)30-22(28-20)18-8-14(2)12-26-18/h9-10,13-14,17-18,25-26H,7-8,11-12H2,1-2H3,(H,27,29)(H,28,30). The largest absolute Gasteiger partial charge is 0.340 e. The van der Waals surface area contributed by atoms with Crippen LogP contribution >= 0.6 is 22.7 Å². The molecule has 0 aromatic carbocycles. The minimum absolute atomic E-state index is 0.338. The fourth-order valence-corrected chi connectivity index (χ4v) is 6.24. The van der Waals surface area contributed by atoms with Gasteiger partial charge >= 0.3 is 0 Å². The highest BCUT2D eigenvalue weighted by atomic mass is 32.1. The second-order valence-electron chi connectivity index (χ2n) is 9.01. The summed E-state index contributed by atoms with van der Waals surface area (Å²) in [6, 6.07) is 4.82. The maximum Gasteiger partial charge on any atom is 0.143 e. The normalized spacial score (nSPS) is 25.2. The Morgan fingerprint density at radius 1 is 0.781 bits per heavy atom. The van der Waals surface area contributed by atoms with Gasteiger partial charge in [-0.15, -0.1) is 22.7 Å². The van der Waals surface area contributed by atoms with Crippen molar-refractivity contribution in [2.75, 3.05) is 13.1 Å². The molecule has 6 nitrogen and oxygen atoms in total. The maximum absolute atomic E-state index is 4.77. The van der Waals surface area contributed by atoms with Crippen LogP contribution in [-0.4, -0.2) is 33.0 Å². The molecule has 4 aromatic heterocycles. The van der Waals surface area contributed by atoms with Crippen LogP contribution in [0.1, 0.15) is 60.2 Å². The summed E-state index contributed by atoms with van der Waals surface area (Å²) in [6.07, 6.45) is 2.27. The van der Waals surface area contributed by atoms with E-state index in [2.05, 4.69) is 70.3 Å². The second kappa shape index (κ2) is 8.06. The molecule has 32 heavy (non-hydrogen) atoms. The van der Waals surface area contributed by atoms with Crippen molar-refractivity contribution < 1.29 is 0 Å². The van der Waals surface area contributed by atoms with Gasteiger partial charge in [0.1, 0.15) is 21.3 Å². The molecular weight excluding hydrogens is 436 g/mol. The van der Waals surface area contributed by atoms with E-state index in [1.54, 1.807) is 22.7 Å². The number of thiophene rings is 2. The lowest BCUT2D eigenvalue weighted by Gasteiger charge is -2.05. The van der Waals surface area contributed by atoms with Gasteiger partial charge in [-0.3, -0.25) is 0 Å². The summed E-state index contributed by atoms with van der Waals surface area (Å²) in [5.74, 6) is 15.8. The topological polar surface area (TPSA) is 81.4 Å². The summed E-state index contributed by atoms with van der Waals surface area (Å²) in [4.78, 5) is 20.4. The molecule has 6 rings (SSSR count). The Hall–Kier alpha value is -2.62. The highest BCUT2D eigenvalue weighted by Gasteiger charge is 2.26. The van der Waals surface area contributed by atoms with Gasteiger partial charge in [0.05, 0.1) is 32.9 Å². The number of imidazole rings is 2. The first-order valence-electron chi connectivity index (χ1n) is 11.1. The molecule has 8 heteroatoms. The molecule has 2 saturated heterocycles. The van der Waals surface area contributed by atoms with E-state index in [0.29, 0.717) is 23.9 Å². The van der Waals surface area contributed by atoms with Gasteiger partial charge in [-0.25, -0.2) is 9.97 Å². The van der Waals surface area contributed by atoms with Gasteiger partial charge in [-0.05, 0) is 73.6 Å². The Morgan fingerprint density at radius 2 is 1.25 bits per heavy atom. The van der Waals surface area contributed by atoms with Crippen molar-refractivity contribution in [1.29, 1.82) is 0 Å². The van der Waals surface area contributed by atoms with E-state index in [-0.39, 0.29) is 0 Å². The molecule has 2 aliphatic rings. The van der Waals surface area contributed by atoms with Crippen LogP contribution in [0, 0.1) is 35.5 Å². The van der Waals surface area contributed by atoms with Crippen molar-refractivity contribution in [1.82, 2.24) is 30.6 Å². The zero-order chi connectivity index (χ0) is 21.7. The monoisotopic (exact) mass is 460 g/mol. The minimum atomic E-state index is 0.338. The number of nitrogens with one attached hydrogen (secondary N) is 4. The molecule has 4 unspecified atom stereocenters. The molecule has 0 spiro atoms. The number of H-pyrrole nitrogens is 2. The van der Waals surface area contributed by atoms with E-state index in [1.807, 2.05) is 0 Å². The van der Waals surface area contributed by atoms with Gasteiger partial charge in [0.2, 0.25) is 0 Å². The first-order chi connectivity index (χ1) is 15.6. The molecule has 4 atom stereocenters. The predicted molar refractivity (Wildman–Crippen MR) is 131 cm³/mol. The Morgan fingerprint density at radius 3 is 1.62 bits per heavy atom. The average Bonchev–Trinajstić information content (AvgIpc) is 3.54. The molecule has 6 heterocycles. The molecule has 0 aliphatic carbocycles. The van der Waals surface area contributed by atoms with Crippen LogP contribution in [0.4, 0.5) is 0 Å². The first-order valence-corrected chi connectivity index (χ1v) is 12.7. The molecule has 2 fully saturated rings. The molecule has 4 aromatic rings. The van der Waals surface area contributed by atoms with Crippen molar-refractivity contribution in [2.24, 2.45) is 11.8 Å². The van der Waals surface area contributed by atoms with Crippen molar-refractivity contribution in [2.45, 2.75) is 38.8 Å². The van der Waals surface area contributed by atoms with Crippen molar-refractivity contribution in [3.05, 3.63) is 33.5 Å². The van der Waals surface area contributed by atoms with E-state index in [1.165, 1.54) is 0 Å². The lowest BCUT2D eigenvalue weighted by molar-refractivity contribution is 0.589. The van der Waals surface area contributed by atoms with Crippen LogP contribution in [0.15, 0.2) is 12.1 Å². The molecule has 162 valence electrons. The summed E-state index contributed by atoms with van der Waals surface area (Å²) in [7, 11) is 0. The van der Waals surface area contributed by atoms with Gasteiger partial charge in [-0.1, -0.05) is 13.8 Å². The Kier molecular flexibility index (Phi) is 5.04. The number of aromatic nitrogens is 4. The summed E-state index contributed by atoms with van der Waals surface area (Å²) < 4.78 is 0. The zero-order valence-electron chi connectivity index (χ0n) is 18.0. The summed E-state index contributed by atoms with van der Waals surface area (Å²) >= 11 is 3.23. The lowest BCUT2D eigenvalue weighted by Crippen LogP contribution is -2.14. The van der Waals surface area contributed by atoms with Crippen LogP contribution in [-0.2, 0) is 0 Å². The Labute approximate surface area is 194 Å². The number of rotatable bonds is 2. The smallest absolute Gasteiger partial charge is 0.143 e. The molecule has 0 radical (unpaired) electrons. The third kappa shape index (κ3) is 3.85. The molecule has 0 saturated carbocycles. The fourth-order valence-electron chi connectivity index (χ4n) is 4.54. The second-order valence-corrected chi connectivity index (χ2v) is 11.1. The third-order valence-corrected chi connectivity index (χ3v) is 8.08. The van der Waals surface area contributed by atoms with Crippen LogP contribution < -0.4 is 10.6 Å². The van der Waals surface area contributed by atoms with E-state index < -0.39 is 0 Å². The minimum Gasteiger partial charge on any atom is -0.340 e. The zero-order valence-corrected chi connectivity index (χ0v) is 19.6. The SMILES string of the molecule is CC1CNC(c2nc3sc(C#CC#Cc4cc5[nH]c(C6CC(C)CN6)nc5s4)cc3[nH]2)C1. The molecular formula is C24H24N6S2. The maximum atomic E-state index is 4.77. The Bertz CT molecular complexity index is 1240. The Balaban J connectivity index is 1.14. The van der Waals surface area contributed by atoms with Gasteiger partial charge in [0.25, 0.3) is 0 Å². The summed E-state index contributed by atoms with van der Waals surface area (Å²) in [6.45, 7) is 6.66. The van der Waals surface area contributed by atoms with Gasteiger partial charge in [-0.2, -0.15) is 0 Å². The summed E-state index contributed by atoms with van der Waals surface area (Å²) in [5.41, 5.74) is 2.12. The summed E-state index contributed by atoms with van der Waals surface area (Å²) in [5, 5.41) is 7.06. The van der Waals surface area contributed by atoms with E-state index in [9.17, 15) is 0 Å². The van der Waals surface area contributed by atoms with Crippen LogP contribution in [0.3, 0.4) is 0 Å². The van der Waals surface area contributed by atoms with E-state index >= 15 is 0 Å². The highest BCUT2D eigenvalue weighted by molar-refractivity contribution is 7.19. The number of hydrogen-bond acceptors (Lipinski definition) is 6. The first kappa shape index (κ1) is 20.0. The quantitative estimate of drug-likeness (QED) is 0.336. The number of aromatic amines is 2. The molecule has 2 aliphatic heterocycles. The number of hydrogen-bond donors (Lipinski definition) is 4. The van der Waals surface area contributed by atoms with Crippen LogP contribution in [0.5, 0.6) is 0 Å². The average molecular weight is 461 g/mol. The third-order valence-electron chi connectivity index (χ3n) is 6.19. The van der Waals surface area contributed by atoms with E-state index in [4.69, 9.17) is 9.97 Å².